The van der Waals surface area contributed by atoms with Gasteiger partial charge < -0.3 is 19.5 Å². The van der Waals surface area contributed by atoms with Crippen LogP contribution in [0.5, 0.6) is 5.75 Å². The van der Waals surface area contributed by atoms with Gasteiger partial charge in [-0.2, -0.15) is 0 Å². The normalized spacial score (nSPS) is 26.9. The van der Waals surface area contributed by atoms with Crippen molar-refractivity contribution < 1.29 is 24.2 Å². The zero-order chi connectivity index (χ0) is 21.5. The Bertz CT molecular complexity index is 1060. The number of aliphatic hydroxyl groups is 1. The van der Waals surface area contributed by atoms with E-state index in [1.165, 1.54) is 4.90 Å². The Kier molecular flexibility index (Phi) is 4.98. The third kappa shape index (κ3) is 3.49. The number of hydrogen-bond acceptors (Lipinski definition) is 6. The van der Waals surface area contributed by atoms with Crippen LogP contribution in [0.1, 0.15) is 42.5 Å². The first-order valence-electron chi connectivity index (χ1n) is 10.6. The monoisotopic (exact) mass is 420 g/mol. The number of carbonyl (C=O) groups excluding carboxylic acids is 2. The van der Waals surface area contributed by atoms with Crippen molar-refractivity contribution in [1.29, 1.82) is 0 Å². The molecule has 5 rings (SSSR count). The minimum Gasteiger partial charge on any atom is -0.507 e. The molecule has 1 aromatic heterocycles. The number of aliphatic hydroxyl groups excluding tert-OH is 1. The first kappa shape index (κ1) is 19.8. The molecule has 0 bridgehead atoms. The number of aromatic nitrogens is 1. The molecule has 0 radical (unpaired) electrons. The van der Waals surface area contributed by atoms with Crippen molar-refractivity contribution in [2.75, 3.05) is 13.2 Å². The average Bonchev–Trinajstić information content (AvgIpc) is 3.48. The van der Waals surface area contributed by atoms with Gasteiger partial charge in [0.05, 0.1) is 17.7 Å². The molecule has 1 amide bonds. The number of ether oxygens (including phenoxy) is 2. The third-order valence-electron chi connectivity index (χ3n) is 6.16. The standard InChI is InChI=1S/C24H24N2O5/c1-14-11-17-12-16(4-5-19(17)31-14)22(27)20-21(15-6-8-25-9-7-15)26(24(29)23(20)28)13-18-3-2-10-30-18/h4-9,12,14,18,21,27H,2-3,10-11,13H2,1H3/t14-,18+,21+/m0/s1. The molecule has 3 aliphatic rings. The van der Waals surface area contributed by atoms with E-state index in [0.717, 1.165) is 36.1 Å². The lowest BCUT2D eigenvalue weighted by Gasteiger charge is -2.27. The van der Waals surface area contributed by atoms with Crippen LogP contribution in [0.15, 0.2) is 48.3 Å². The van der Waals surface area contributed by atoms with Gasteiger partial charge in [0.15, 0.2) is 0 Å². The van der Waals surface area contributed by atoms with E-state index in [2.05, 4.69) is 4.98 Å². The van der Waals surface area contributed by atoms with Crippen molar-refractivity contribution in [2.24, 2.45) is 0 Å². The number of pyridine rings is 1. The quantitative estimate of drug-likeness (QED) is 0.465. The van der Waals surface area contributed by atoms with Crippen LogP contribution in [0, 0.1) is 0 Å². The van der Waals surface area contributed by atoms with E-state index >= 15 is 0 Å². The molecule has 3 atom stereocenters. The maximum Gasteiger partial charge on any atom is 0.295 e. The minimum atomic E-state index is -0.685. The number of nitrogens with zero attached hydrogens (tertiary/aromatic N) is 2. The molecule has 7 heteroatoms. The Balaban J connectivity index is 1.59. The fourth-order valence-corrected chi connectivity index (χ4v) is 4.69. The summed E-state index contributed by atoms with van der Waals surface area (Å²) < 4.78 is 11.5. The highest BCUT2D eigenvalue weighted by molar-refractivity contribution is 6.46. The van der Waals surface area contributed by atoms with E-state index in [1.54, 1.807) is 36.7 Å². The third-order valence-corrected chi connectivity index (χ3v) is 6.16. The van der Waals surface area contributed by atoms with Crippen LogP contribution in [0.2, 0.25) is 0 Å². The summed E-state index contributed by atoms with van der Waals surface area (Å²) in [7, 11) is 0. The van der Waals surface area contributed by atoms with Crippen LogP contribution in [0.25, 0.3) is 5.76 Å². The SMILES string of the molecule is C[C@H]1Cc2cc(C(O)=C3C(=O)C(=O)N(C[C@H]4CCCO4)[C@@H]3c3ccncc3)ccc2O1. The van der Waals surface area contributed by atoms with Gasteiger partial charge in [0.25, 0.3) is 11.7 Å². The molecule has 1 N–H and O–H groups in total. The molecule has 0 spiro atoms. The number of amides is 1. The van der Waals surface area contributed by atoms with Crippen LogP contribution < -0.4 is 4.74 Å². The first-order valence-corrected chi connectivity index (χ1v) is 10.6. The summed E-state index contributed by atoms with van der Waals surface area (Å²) in [4.78, 5) is 31.7. The number of fused-ring (bicyclic) bond motifs is 1. The van der Waals surface area contributed by atoms with Gasteiger partial charge in [-0.1, -0.05) is 0 Å². The lowest BCUT2D eigenvalue weighted by atomic mass is 9.95. The van der Waals surface area contributed by atoms with Crippen LogP contribution in [-0.4, -0.2) is 52.0 Å². The van der Waals surface area contributed by atoms with Crippen molar-refractivity contribution >= 4 is 17.4 Å². The summed E-state index contributed by atoms with van der Waals surface area (Å²) in [5.41, 5.74) is 2.31. The fraction of sp³-hybridized carbons (Fsp3) is 0.375. The van der Waals surface area contributed by atoms with Crippen LogP contribution in [-0.2, 0) is 20.7 Å². The Labute approximate surface area is 180 Å². The highest BCUT2D eigenvalue weighted by atomic mass is 16.5. The number of benzene rings is 1. The second kappa shape index (κ2) is 7.81. The number of carbonyl (C=O) groups is 2. The molecular weight excluding hydrogens is 396 g/mol. The Morgan fingerprint density at radius 2 is 2.03 bits per heavy atom. The summed E-state index contributed by atoms with van der Waals surface area (Å²) in [6, 6.07) is 8.22. The van der Waals surface area contributed by atoms with Gasteiger partial charge in [0.2, 0.25) is 0 Å². The zero-order valence-corrected chi connectivity index (χ0v) is 17.3. The maximum absolute atomic E-state index is 13.1. The van der Waals surface area contributed by atoms with Gasteiger partial charge in [-0.25, -0.2) is 0 Å². The summed E-state index contributed by atoms with van der Waals surface area (Å²) in [5.74, 6) is -0.676. The number of ketones is 1. The topological polar surface area (TPSA) is 89.0 Å². The van der Waals surface area contributed by atoms with Crippen molar-refractivity contribution in [2.45, 2.75) is 44.4 Å². The van der Waals surface area contributed by atoms with E-state index in [4.69, 9.17) is 9.47 Å². The molecule has 31 heavy (non-hydrogen) atoms. The number of likely N-dealkylation sites (tertiary alicyclic amines) is 1. The number of rotatable bonds is 4. The number of hydrogen-bond donors (Lipinski definition) is 1. The zero-order valence-electron chi connectivity index (χ0n) is 17.3. The van der Waals surface area contributed by atoms with Gasteiger partial charge >= 0.3 is 0 Å². The van der Waals surface area contributed by atoms with Gasteiger partial charge in [-0.15, -0.1) is 0 Å². The average molecular weight is 420 g/mol. The van der Waals surface area contributed by atoms with E-state index < -0.39 is 17.7 Å². The van der Waals surface area contributed by atoms with Crippen molar-refractivity contribution in [3.63, 3.8) is 0 Å². The first-order chi connectivity index (χ1) is 15.0. The summed E-state index contributed by atoms with van der Waals surface area (Å²) >= 11 is 0. The molecule has 2 fully saturated rings. The van der Waals surface area contributed by atoms with Gasteiger partial charge in [0, 0.05) is 37.5 Å². The molecular formula is C24H24N2O5. The fourth-order valence-electron chi connectivity index (χ4n) is 4.69. The molecule has 0 saturated carbocycles. The van der Waals surface area contributed by atoms with Crippen LogP contribution in [0.4, 0.5) is 0 Å². The molecule has 0 aliphatic carbocycles. The predicted molar refractivity (Wildman–Crippen MR) is 112 cm³/mol. The van der Waals surface area contributed by atoms with Gasteiger partial charge in [-0.3, -0.25) is 14.6 Å². The lowest BCUT2D eigenvalue weighted by molar-refractivity contribution is -0.140. The Morgan fingerprint density at radius 1 is 1.23 bits per heavy atom. The largest absolute Gasteiger partial charge is 0.507 e. The summed E-state index contributed by atoms with van der Waals surface area (Å²) in [6.07, 6.45) is 5.71. The van der Waals surface area contributed by atoms with Crippen molar-refractivity contribution in [3.8, 4) is 5.75 Å². The summed E-state index contributed by atoms with van der Waals surface area (Å²) in [6.45, 7) is 2.95. The minimum absolute atomic E-state index is 0.0706. The van der Waals surface area contributed by atoms with E-state index in [9.17, 15) is 14.7 Å². The maximum atomic E-state index is 13.1. The van der Waals surface area contributed by atoms with Gasteiger partial charge in [-0.05, 0) is 61.2 Å². The Hall–Kier alpha value is -3.19. The highest BCUT2D eigenvalue weighted by Gasteiger charge is 2.47. The van der Waals surface area contributed by atoms with Crippen LogP contribution in [0.3, 0.4) is 0 Å². The molecule has 3 aliphatic heterocycles. The number of Topliss-reactive ketones (excluding diaryl/α,β-unsaturated/α-hetero) is 1. The highest BCUT2D eigenvalue weighted by Crippen LogP contribution is 2.41. The van der Waals surface area contributed by atoms with Crippen molar-refractivity contribution in [3.05, 3.63) is 65.0 Å². The lowest BCUT2D eigenvalue weighted by Crippen LogP contribution is -2.36. The molecule has 4 heterocycles. The van der Waals surface area contributed by atoms with Crippen molar-refractivity contribution in [1.82, 2.24) is 9.88 Å². The molecule has 2 saturated heterocycles. The molecule has 1 aromatic carbocycles. The van der Waals surface area contributed by atoms with E-state index in [1.807, 2.05) is 13.0 Å². The molecule has 2 aromatic rings. The smallest absolute Gasteiger partial charge is 0.295 e. The van der Waals surface area contributed by atoms with E-state index in [0.29, 0.717) is 18.7 Å². The molecule has 7 nitrogen and oxygen atoms in total. The second-order valence-corrected chi connectivity index (χ2v) is 8.32. The predicted octanol–water partition coefficient (Wildman–Crippen LogP) is 3.01. The van der Waals surface area contributed by atoms with Crippen LogP contribution >= 0.6 is 0 Å². The second-order valence-electron chi connectivity index (χ2n) is 8.32. The van der Waals surface area contributed by atoms with E-state index in [-0.39, 0.29) is 23.5 Å². The van der Waals surface area contributed by atoms with Gasteiger partial charge in [0.1, 0.15) is 17.6 Å². The molecule has 160 valence electrons. The Morgan fingerprint density at radius 3 is 2.77 bits per heavy atom. The summed E-state index contributed by atoms with van der Waals surface area (Å²) in [5, 5.41) is 11.2. The molecule has 0 unspecified atom stereocenters.